The number of phenols is 1. The minimum atomic E-state index is -0.172. The first kappa shape index (κ1) is 15.6. The third-order valence-corrected chi connectivity index (χ3v) is 4.60. The fraction of sp³-hybridized carbons (Fsp3) is 0.0556. The zero-order chi connectivity index (χ0) is 16.2. The van der Waals surface area contributed by atoms with Gasteiger partial charge in [0.15, 0.2) is 0 Å². The Kier molecular flexibility index (Phi) is 4.65. The van der Waals surface area contributed by atoms with E-state index >= 15 is 0 Å². The molecule has 0 aliphatic heterocycles. The molecule has 0 aliphatic carbocycles. The average molecular weight is 344 g/mol. The molecule has 0 saturated heterocycles. The van der Waals surface area contributed by atoms with Crippen LogP contribution in [0.2, 0.25) is 5.02 Å². The Bertz CT molecular complexity index is 800. The Labute approximate surface area is 143 Å². The van der Waals surface area contributed by atoms with Crippen LogP contribution in [-0.2, 0) is 6.54 Å². The van der Waals surface area contributed by atoms with Gasteiger partial charge in [0.25, 0.3) is 5.91 Å². The van der Waals surface area contributed by atoms with E-state index in [1.54, 1.807) is 64.8 Å². The molecule has 0 unspecified atom stereocenters. The molecule has 0 saturated carbocycles. The van der Waals surface area contributed by atoms with E-state index in [4.69, 9.17) is 11.6 Å². The number of hydrogen-bond acceptors (Lipinski definition) is 3. The molecule has 0 fully saturated rings. The molecule has 0 bridgehead atoms. The number of phenolic OH excluding ortho intramolecular Hbond substituents is 1. The fourth-order valence-corrected chi connectivity index (χ4v) is 3.16. The minimum absolute atomic E-state index is 0.162. The molecule has 3 rings (SSSR count). The SMILES string of the molecule is O=C(c1ccccc1Cl)N(Cc1cccs1)c1ccc(O)cc1. The lowest BCUT2D eigenvalue weighted by atomic mass is 10.1. The summed E-state index contributed by atoms with van der Waals surface area (Å²) in [5, 5.41) is 11.9. The maximum Gasteiger partial charge on any atom is 0.260 e. The first-order valence-corrected chi connectivity index (χ1v) is 8.29. The molecule has 1 amide bonds. The van der Waals surface area contributed by atoms with Crippen molar-refractivity contribution < 1.29 is 9.90 Å². The van der Waals surface area contributed by atoms with E-state index < -0.39 is 0 Å². The van der Waals surface area contributed by atoms with Gasteiger partial charge in [0.1, 0.15) is 5.75 Å². The summed E-state index contributed by atoms with van der Waals surface area (Å²) >= 11 is 7.76. The highest BCUT2D eigenvalue weighted by Gasteiger charge is 2.20. The predicted molar refractivity (Wildman–Crippen MR) is 94.4 cm³/mol. The molecule has 0 aliphatic rings. The topological polar surface area (TPSA) is 40.5 Å². The number of thiophene rings is 1. The van der Waals surface area contributed by atoms with E-state index in [0.29, 0.717) is 22.8 Å². The number of halogens is 1. The number of nitrogens with zero attached hydrogens (tertiary/aromatic N) is 1. The van der Waals surface area contributed by atoms with Gasteiger partial charge >= 0.3 is 0 Å². The van der Waals surface area contributed by atoms with E-state index in [0.717, 1.165) is 4.88 Å². The molecule has 3 nitrogen and oxygen atoms in total. The van der Waals surface area contributed by atoms with Gasteiger partial charge in [-0.2, -0.15) is 0 Å². The Balaban J connectivity index is 1.99. The van der Waals surface area contributed by atoms with Crippen molar-refractivity contribution >= 4 is 34.5 Å². The zero-order valence-corrected chi connectivity index (χ0v) is 13.7. The van der Waals surface area contributed by atoms with Gasteiger partial charge in [-0.05, 0) is 47.8 Å². The third kappa shape index (κ3) is 3.55. The first-order chi connectivity index (χ1) is 11.1. The van der Waals surface area contributed by atoms with Gasteiger partial charge in [-0.1, -0.05) is 29.8 Å². The molecule has 1 N–H and O–H groups in total. The highest BCUT2D eigenvalue weighted by Crippen LogP contribution is 2.26. The number of amides is 1. The van der Waals surface area contributed by atoms with Crippen molar-refractivity contribution in [2.24, 2.45) is 0 Å². The molecule has 3 aromatic rings. The number of hydrogen-bond donors (Lipinski definition) is 1. The monoisotopic (exact) mass is 343 g/mol. The van der Waals surface area contributed by atoms with Crippen molar-refractivity contribution in [3.05, 3.63) is 81.5 Å². The minimum Gasteiger partial charge on any atom is -0.508 e. The van der Waals surface area contributed by atoms with Crippen LogP contribution in [-0.4, -0.2) is 11.0 Å². The van der Waals surface area contributed by atoms with Crippen LogP contribution in [0, 0.1) is 0 Å². The molecule has 0 spiro atoms. The molecule has 0 atom stereocenters. The highest BCUT2D eigenvalue weighted by molar-refractivity contribution is 7.09. The van der Waals surface area contributed by atoms with E-state index in [2.05, 4.69) is 0 Å². The second kappa shape index (κ2) is 6.86. The van der Waals surface area contributed by atoms with Crippen LogP contribution in [0.3, 0.4) is 0 Å². The van der Waals surface area contributed by atoms with Crippen molar-refractivity contribution in [3.8, 4) is 5.75 Å². The Hall–Kier alpha value is -2.30. The number of anilines is 1. The van der Waals surface area contributed by atoms with Gasteiger partial charge < -0.3 is 10.0 Å². The Morgan fingerprint density at radius 2 is 1.78 bits per heavy atom. The van der Waals surface area contributed by atoms with Gasteiger partial charge in [-0.15, -0.1) is 11.3 Å². The summed E-state index contributed by atoms with van der Waals surface area (Å²) in [7, 11) is 0. The van der Waals surface area contributed by atoms with Crippen LogP contribution in [0.5, 0.6) is 5.75 Å². The summed E-state index contributed by atoms with van der Waals surface area (Å²) in [5.41, 5.74) is 1.17. The van der Waals surface area contributed by atoms with Gasteiger partial charge in [-0.25, -0.2) is 0 Å². The molecular formula is C18H14ClNO2S. The van der Waals surface area contributed by atoms with Crippen LogP contribution in [0.25, 0.3) is 0 Å². The lowest BCUT2D eigenvalue weighted by molar-refractivity contribution is 0.0985. The quantitative estimate of drug-likeness (QED) is 0.727. The largest absolute Gasteiger partial charge is 0.508 e. The number of rotatable bonds is 4. The van der Waals surface area contributed by atoms with E-state index in [-0.39, 0.29) is 11.7 Å². The summed E-state index contributed by atoms with van der Waals surface area (Å²) in [4.78, 5) is 15.7. The lowest BCUT2D eigenvalue weighted by Crippen LogP contribution is -2.30. The molecular weight excluding hydrogens is 330 g/mol. The van der Waals surface area contributed by atoms with Crippen LogP contribution in [0.15, 0.2) is 66.0 Å². The number of aromatic hydroxyl groups is 1. The van der Waals surface area contributed by atoms with Gasteiger partial charge in [0.05, 0.1) is 17.1 Å². The van der Waals surface area contributed by atoms with E-state index in [9.17, 15) is 9.90 Å². The Morgan fingerprint density at radius 1 is 1.04 bits per heavy atom. The second-order valence-electron chi connectivity index (χ2n) is 4.97. The predicted octanol–water partition coefficient (Wildman–Crippen LogP) is 4.95. The molecule has 116 valence electrons. The normalized spacial score (nSPS) is 10.5. The molecule has 23 heavy (non-hydrogen) atoms. The molecule has 2 aromatic carbocycles. The standard InChI is InChI=1S/C18H14ClNO2S/c19-17-6-2-1-5-16(17)18(22)20(12-15-4-3-11-23-15)13-7-9-14(21)10-8-13/h1-11,21H,12H2. The van der Waals surface area contributed by atoms with Gasteiger partial charge in [0, 0.05) is 10.6 Å². The van der Waals surface area contributed by atoms with Crippen LogP contribution in [0.1, 0.15) is 15.2 Å². The van der Waals surface area contributed by atoms with Crippen molar-refractivity contribution in [2.45, 2.75) is 6.54 Å². The smallest absolute Gasteiger partial charge is 0.260 e. The summed E-state index contributed by atoms with van der Waals surface area (Å²) in [5.74, 6) is -0.00953. The molecule has 0 radical (unpaired) electrons. The van der Waals surface area contributed by atoms with Crippen molar-refractivity contribution in [1.82, 2.24) is 0 Å². The first-order valence-electron chi connectivity index (χ1n) is 7.03. The van der Waals surface area contributed by atoms with E-state index in [1.807, 2.05) is 17.5 Å². The summed E-state index contributed by atoms with van der Waals surface area (Å²) in [6.45, 7) is 0.451. The zero-order valence-electron chi connectivity index (χ0n) is 12.1. The molecule has 5 heteroatoms. The number of carbonyl (C=O) groups is 1. The maximum absolute atomic E-state index is 13.0. The van der Waals surface area contributed by atoms with Crippen molar-refractivity contribution in [3.63, 3.8) is 0 Å². The third-order valence-electron chi connectivity index (χ3n) is 3.40. The van der Waals surface area contributed by atoms with Gasteiger partial charge in [-0.3, -0.25) is 4.79 Å². The van der Waals surface area contributed by atoms with Crippen molar-refractivity contribution in [2.75, 3.05) is 4.90 Å². The van der Waals surface area contributed by atoms with Crippen molar-refractivity contribution in [1.29, 1.82) is 0 Å². The molecule has 1 heterocycles. The fourth-order valence-electron chi connectivity index (χ4n) is 2.25. The molecule has 1 aromatic heterocycles. The van der Waals surface area contributed by atoms with Crippen LogP contribution < -0.4 is 4.90 Å². The Morgan fingerprint density at radius 3 is 2.43 bits per heavy atom. The number of carbonyl (C=O) groups excluding carboxylic acids is 1. The summed E-state index contributed by atoms with van der Waals surface area (Å²) in [6.07, 6.45) is 0. The second-order valence-corrected chi connectivity index (χ2v) is 6.41. The van der Waals surface area contributed by atoms with E-state index in [1.165, 1.54) is 0 Å². The lowest BCUT2D eigenvalue weighted by Gasteiger charge is -2.23. The van der Waals surface area contributed by atoms with Gasteiger partial charge in [0.2, 0.25) is 0 Å². The number of benzene rings is 2. The average Bonchev–Trinajstić information content (AvgIpc) is 3.07. The van der Waals surface area contributed by atoms with Crippen LogP contribution >= 0.6 is 22.9 Å². The summed E-state index contributed by atoms with van der Waals surface area (Å²) < 4.78 is 0. The highest BCUT2D eigenvalue weighted by atomic mass is 35.5. The summed E-state index contributed by atoms with van der Waals surface area (Å²) in [6, 6.07) is 17.5. The van der Waals surface area contributed by atoms with Crippen LogP contribution in [0.4, 0.5) is 5.69 Å². The maximum atomic E-state index is 13.0.